The highest BCUT2D eigenvalue weighted by Crippen LogP contribution is 2.10. The van der Waals surface area contributed by atoms with Crippen LogP contribution in [0.25, 0.3) is 0 Å². The molecule has 2 aromatic rings. The van der Waals surface area contributed by atoms with Crippen molar-refractivity contribution in [3.05, 3.63) is 47.3 Å². The lowest BCUT2D eigenvalue weighted by Crippen LogP contribution is -2.11. The zero-order chi connectivity index (χ0) is 12.3. The van der Waals surface area contributed by atoms with E-state index in [2.05, 4.69) is 10.3 Å². The predicted molar refractivity (Wildman–Crippen MR) is 61.6 cm³/mol. The molecule has 0 aliphatic heterocycles. The van der Waals surface area contributed by atoms with E-state index in [1.54, 1.807) is 4.68 Å². The number of aliphatic carboxylic acids is 1. The molecule has 0 atom stereocenters. The first-order valence-electron chi connectivity index (χ1n) is 5.30. The van der Waals surface area contributed by atoms with Gasteiger partial charge in [-0.25, -0.2) is 4.68 Å². The molecule has 0 aliphatic rings. The van der Waals surface area contributed by atoms with E-state index in [1.807, 2.05) is 31.2 Å². The smallest absolute Gasteiger partial charge is 0.309 e. The minimum Gasteiger partial charge on any atom is -0.481 e. The molecule has 2 rings (SSSR count). The van der Waals surface area contributed by atoms with Gasteiger partial charge in [0.05, 0.1) is 24.9 Å². The van der Waals surface area contributed by atoms with E-state index in [4.69, 9.17) is 5.11 Å². The standard InChI is InChI=1S/C12H13N3O2/c1-9-4-2-3-5-10(9)8-15-11(6-12(16)17)7-13-14-15/h2-5,7H,6,8H2,1H3,(H,16,17). The van der Waals surface area contributed by atoms with Crippen molar-refractivity contribution in [2.75, 3.05) is 0 Å². The topological polar surface area (TPSA) is 68.0 Å². The molecule has 1 aromatic heterocycles. The zero-order valence-corrected chi connectivity index (χ0v) is 9.50. The highest BCUT2D eigenvalue weighted by Gasteiger charge is 2.09. The van der Waals surface area contributed by atoms with Gasteiger partial charge in [-0.15, -0.1) is 5.10 Å². The minimum absolute atomic E-state index is 0.0567. The van der Waals surface area contributed by atoms with Gasteiger partial charge in [0.1, 0.15) is 0 Å². The van der Waals surface area contributed by atoms with Crippen molar-refractivity contribution in [3.63, 3.8) is 0 Å². The van der Waals surface area contributed by atoms with Crippen molar-refractivity contribution < 1.29 is 9.90 Å². The van der Waals surface area contributed by atoms with Gasteiger partial charge in [-0.05, 0) is 18.1 Å². The molecule has 1 N–H and O–H groups in total. The number of rotatable bonds is 4. The summed E-state index contributed by atoms with van der Waals surface area (Å²) in [6.45, 7) is 2.57. The third kappa shape index (κ3) is 2.69. The fourth-order valence-electron chi connectivity index (χ4n) is 1.65. The Hall–Kier alpha value is -2.17. The molecule has 0 fully saturated rings. The highest BCUT2D eigenvalue weighted by atomic mass is 16.4. The van der Waals surface area contributed by atoms with Gasteiger partial charge in [0.15, 0.2) is 0 Å². The minimum atomic E-state index is -0.877. The Kier molecular flexibility index (Phi) is 3.18. The molecule has 17 heavy (non-hydrogen) atoms. The lowest BCUT2D eigenvalue weighted by molar-refractivity contribution is -0.136. The Morgan fingerprint density at radius 2 is 2.18 bits per heavy atom. The van der Waals surface area contributed by atoms with Gasteiger partial charge in [0, 0.05) is 0 Å². The SMILES string of the molecule is Cc1ccccc1Cn1nncc1CC(=O)O. The average molecular weight is 231 g/mol. The summed E-state index contributed by atoms with van der Waals surface area (Å²) >= 11 is 0. The number of nitrogens with zero attached hydrogens (tertiary/aromatic N) is 3. The van der Waals surface area contributed by atoms with Crippen LogP contribution in [0, 0.1) is 6.92 Å². The molecule has 0 saturated heterocycles. The number of benzene rings is 1. The fourth-order valence-corrected chi connectivity index (χ4v) is 1.65. The molecule has 0 spiro atoms. The molecule has 0 amide bonds. The molecule has 1 aromatic carbocycles. The van der Waals surface area contributed by atoms with Gasteiger partial charge in [-0.1, -0.05) is 29.5 Å². The molecular formula is C12H13N3O2. The Morgan fingerprint density at radius 1 is 1.41 bits per heavy atom. The fraction of sp³-hybridized carbons (Fsp3) is 0.250. The summed E-state index contributed by atoms with van der Waals surface area (Å²) < 4.78 is 1.62. The molecule has 88 valence electrons. The highest BCUT2D eigenvalue weighted by molar-refractivity contribution is 5.69. The number of aromatic nitrogens is 3. The van der Waals surface area contributed by atoms with E-state index in [9.17, 15) is 4.79 Å². The Balaban J connectivity index is 2.22. The number of aryl methyl sites for hydroxylation is 1. The molecule has 0 radical (unpaired) electrons. The second-order valence-electron chi connectivity index (χ2n) is 3.88. The third-order valence-corrected chi connectivity index (χ3v) is 2.61. The first-order valence-corrected chi connectivity index (χ1v) is 5.30. The lowest BCUT2D eigenvalue weighted by atomic mass is 10.1. The van der Waals surface area contributed by atoms with Gasteiger partial charge in [-0.2, -0.15) is 0 Å². The van der Waals surface area contributed by atoms with E-state index in [-0.39, 0.29) is 6.42 Å². The van der Waals surface area contributed by atoms with Crippen molar-refractivity contribution in [1.82, 2.24) is 15.0 Å². The number of carboxylic acid groups (broad SMARTS) is 1. The van der Waals surface area contributed by atoms with Crippen molar-refractivity contribution >= 4 is 5.97 Å². The maximum Gasteiger partial charge on any atom is 0.309 e. The second kappa shape index (κ2) is 4.78. The third-order valence-electron chi connectivity index (χ3n) is 2.61. The molecule has 0 unspecified atom stereocenters. The largest absolute Gasteiger partial charge is 0.481 e. The van der Waals surface area contributed by atoms with E-state index in [0.717, 1.165) is 11.1 Å². The first kappa shape index (κ1) is 11.3. The van der Waals surface area contributed by atoms with E-state index in [1.165, 1.54) is 6.20 Å². The second-order valence-corrected chi connectivity index (χ2v) is 3.88. The van der Waals surface area contributed by atoms with Crippen LogP contribution in [0.15, 0.2) is 30.5 Å². The lowest BCUT2D eigenvalue weighted by Gasteiger charge is -2.07. The summed E-state index contributed by atoms with van der Waals surface area (Å²) in [6.07, 6.45) is 1.44. The maximum atomic E-state index is 10.7. The van der Waals surface area contributed by atoms with Gasteiger partial charge >= 0.3 is 5.97 Å². The van der Waals surface area contributed by atoms with Crippen molar-refractivity contribution in [2.45, 2.75) is 19.9 Å². The van der Waals surface area contributed by atoms with Crippen LogP contribution in [0.3, 0.4) is 0 Å². The predicted octanol–water partition coefficient (Wildman–Crippen LogP) is 1.26. The van der Waals surface area contributed by atoms with Crippen molar-refractivity contribution in [1.29, 1.82) is 0 Å². The number of carboxylic acids is 1. The summed E-state index contributed by atoms with van der Waals surface area (Å²) in [5.74, 6) is -0.877. The summed E-state index contributed by atoms with van der Waals surface area (Å²) in [5.41, 5.74) is 2.88. The summed E-state index contributed by atoms with van der Waals surface area (Å²) in [4.78, 5) is 10.7. The molecule has 5 heteroatoms. The van der Waals surface area contributed by atoms with Gasteiger partial charge < -0.3 is 5.11 Å². The quantitative estimate of drug-likeness (QED) is 0.860. The number of hydrogen-bond acceptors (Lipinski definition) is 3. The number of carbonyl (C=O) groups is 1. The Bertz CT molecular complexity index is 534. The Morgan fingerprint density at radius 3 is 2.88 bits per heavy atom. The molecule has 1 heterocycles. The summed E-state index contributed by atoms with van der Waals surface area (Å²) in [5, 5.41) is 16.4. The van der Waals surface area contributed by atoms with Crippen LogP contribution in [0.2, 0.25) is 0 Å². The van der Waals surface area contributed by atoms with Gasteiger partial charge in [-0.3, -0.25) is 4.79 Å². The van der Waals surface area contributed by atoms with Crippen molar-refractivity contribution in [3.8, 4) is 0 Å². The van der Waals surface area contributed by atoms with Crippen LogP contribution in [-0.4, -0.2) is 26.1 Å². The van der Waals surface area contributed by atoms with Crippen LogP contribution >= 0.6 is 0 Å². The molecule has 0 bridgehead atoms. The van der Waals surface area contributed by atoms with Gasteiger partial charge in [0.2, 0.25) is 0 Å². The van der Waals surface area contributed by atoms with Crippen LogP contribution in [-0.2, 0) is 17.8 Å². The normalized spacial score (nSPS) is 10.4. The van der Waals surface area contributed by atoms with Crippen molar-refractivity contribution in [2.24, 2.45) is 0 Å². The maximum absolute atomic E-state index is 10.7. The average Bonchev–Trinajstić information content (AvgIpc) is 2.68. The molecule has 5 nitrogen and oxygen atoms in total. The van der Waals surface area contributed by atoms with Gasteiger partial charge in [0.25, 0.3) is 0 Å². The number of hydrogen-bond donors (Lipinski definition) is 1. The monoisotopic (exact) mass is 231 g/mol. The van der Waals surface area contributed by atoms with Crippen LogP contribution in [0.4, 0.5) is 0 Å². The zero-order valence-electron chi connectivity index (χ0n) is 9.50. The van der Waals surface area contributed by atoms with E-state index < -0.39 is 5.97 Å². The first-order chi connectivity index (χ1) is 8.16. The summed E-state index contributed by atoms with van der Waals surface area (Å²) in [7, 11) is 0. The molecule has 0 aliphatic carbocycles. The van der Waals surface area contributed by atoms with E-state index in [0.29, 0.717) is 12.2 Å². The summed E-state index contributed by atoms with van der Waals surface area (Å²) in [6, 6.07) is 7.94. The molecular weight excluding hydrogens is 218 g/mol. The van der Waals surface area contributed by atoms with Crippen LogP contribution < -0.4 is 0 Å². The molecule has 0 saturated carbocycles. The van der Waals surface area contributed by atoms with E-state index >= 15 is 0 Å². The van der Waals surface area contributed by atoms with Crippen LogP contribution in [0.1, 0.15) is 16.8 Å². The van der Waals surface area contributed by atoms with Crippen LogP contribution in [0.5, 0.6) is 0 Å². The Labute approximate surface area is 98.7 Å².